The van der Waals surface area contributed by atoms with Crippen LogP contribution >= 0.6 is 15.9 Å². The molecule has 21 heavy (non-hydrogen) atoms. The van der Waals surface area contributed by atoms with Crippen molar-refractivity contribution in [2.24, 2.45) is 0 Å². The van der Waals surface area contributed by atoms with Gasteiger partial charge in [0, 0.05) is 12.4 Å². The number of nitro groups is 1. The highest BCUT2D eigenvalue weighted by molar-refractivity contribution is 9.10. The second-order valence-corrected chi connectivity index (χ2v) is 6.34. The van der Waals surface area contributed by atoms with Gasteiger partial charge in [0.25, 0.3) is 15.7 Å². The summed E-state index contributed by atoms with van der Waals surface area (Å²) in [4.78, 5) is 13.0. The standard InChI is InChI=1S/C11H7BrFN3O4S/c12-8-6-14-4-3-9(8)15-21(19,20)11-2-1-7(13)5-10(11)16(17)18/h1-6H,(H,14,15). The molecule has 1 N–H and O–H groups in total. The average Bonchev–Trinajstić information content (AvgIpc) is 2.40. The molecule has 0 atom stereocenters. The maximum atomic E-state index is 13.1. The van der Waals surface area contributed by atoms with Crippen LogP contribution in [-0.4, -0.2) is 18.3 Å². The van der Waals surface area contributed by atoms with E-state index in [0.717, 1.165) is 12.1 Å². The molecule has 0 spiro atoms. The molecule has 110 valence electrons. The largest absolute Gasteiger partial charge is 0.292 e. The van der Waals surface area contributed by atoms with Crippen LogP contribution in [0.4, 0.5) is 15.8 Å². The summed E-state index contributed by atoms with van der Waals surface area (Å²) in [6, 6.07) is 3.60. The summed E-state index contributed by atoms with van der Waals surface area (Å²) < 4.78 is 40.0. The van der Waals surface area contributed by atoms with Crippen molar-refractivity contribution in [3.63, 3.8) is 0 Å². The molecule has 1 heterocycles. The lowest BCUT2D eigenvalue weighted by Gasteiger charge is -2.09. The molecular formula is C11H7BrFN3O4S. The summed E-state index contributed by atoms with van der Waals surface area (Å²) in [5, 5.41) is 10.9. The van der Waals surface area contributed by atoms with Gasteiger partial charge in [-0.25, -0.2) is 12.8 Å². The molecule has 0 unspecified atom stereocenters. The third kappa shape index (κ3) is 3.34. The van der Waals surface area contributed by atoms with Crippen LogP contribution in [0.25, 0.3) is 0 Å². The van der Waals surface area contributed by atoms with Gasteiger partial charge in [-0.15, -0.1) is 0 Å². The molecule has 2 aromatic rings. The van der Waals surface area contributed by atoms with Crippen LogP contribution in [0.2, 0.25) is 0 Å². The Balaban J connectivity index is 2.50. The third-order valence-electron chi connectivity index (χ3n) is 2.42. The fourth-order valence-electron chi connectivity index (χ4n) is 1.52. The van der Waals surface area contributed by atoms with Crippen LogP contribution in [-0.2, 0) is 10.0 Å². The first kappa shape index (κ1) is 15.3. The molecule has 0 aliphatic heterocycles. The van der Waals surface area contributed by atoms with E-state index in [1.165, 1.54) is 18.5 Å². The van der Waals surface area contributed by atoms with Gasteiger partial charge in [-0.05, 0) is 34.1 Å². The van der Waals surface area contributed by atoms with E-state index < -0.39 is 31.3 Å². The van der Waals surface area contributed by atoms with Gasteiger partial charge in [-0.1, -0.05) is 0 Å². The summed E-state index contributed by atoms with van der Waals surface area (Å²) in [7, 11) is -4.24. The Morgan fingerprint density at radius 1 is 1.33 bits per heavy atom. The number of hydrogen-bond acceptors (Lipinski definition) is 5. The molecule has 0 amide bonds. The summed E-state index contributed by atoms with van der Waals surface area (Å²) in [6.45, 7) is 0. The number of nitrogens with zero attached hydrogens (tertiary/aromatic N) is 2. The number of benzene rings is 1. The number of aromatic nitrogens is 1. The zero-order chi connectivity index (χ0) is 15.6. The Labute approximate surface area is 127 Å². The summed E-state index contributed by atoms with van der Waals surface area (Å²) in [6.07, 6.45) is 2.71. The predicted molar refractivity (Wildman–Crippen MR) is 75.8 cm³/mol. The lowest BCUT2D eigenvalue weighted by Crippen LogP contribution is -2.15. The number of rotatable bonds is 4. The minimum Gasteiger partial charge on any atom is -0.278 e. The van der Waals surface area contributed by atoms with Gasteiger partial charge in [0.1, 0.15) is 5.82 Å². The molecule has 0 saturated carbocycles. The number of halogens is 2. The molecule has 0 bridgehead atoms. The van der Waals surface area contributed by atoms with Crippen LogP contribution in [0.15, 0.2) is 46.0 Å². The molecular weight excluding hydrogens is 369 g/mol. The van der Waals surface area contributed by atoms with Crippen molar-refractivity contribution in [3.8, 4) is 0 Å². The summed E-state index contributed by atoms with van der Waals surface area (Å²) >= 11 is 3.10. The van der Waals surface area contributed by atoms with E-state index in [0.29, 0.717) is 10.5 Å². The number of nitrogens with one attached hydrogen (secondary N) is 1. The zero-order valence-electron chi connectivity index (χ0n) is 10.2. The average molecular weight is 376 g/mol. The third-order valence-corrected chi connectivity index (χ3v) is 4.47. The summed E-state index contributed by atoms with van der Waals surface area (Å²) in [5.41, 5.74) is -0.684. The van der Waals surface area contributed by atoms with E-state index in [-0.39, 0.29) is 5.69 Å². The Morgan fingerprint density at radius 2 is 2.05 bits per heavy atom. The molecule has 2 rings (SSSR count). The molecule has 7 nitrogen and oxygen atoms in total. The number of hydrogen-bond donors (Lipinski definition) is 1. The van der Waals surface area contributed by atoms with Gasteiger partial charge in [0.2, 0.25) is 0 Å². The van der Waals surface area contributed by atoms with E-state index in [2.05, 4.69) is 25.6 Å². The van der Waals surface area contributed by atoms with Crippen LogP contribution in [0.1, 0.15) is 0 Å². The van der Waals surface area contributed by atoms with Crippen molar-refractivity contribution in [3.05, 3.63) is 57.1 Å². The Hall–Kier alpha value is -2.07. The minimum absolute atomic E-state index is 0.156. The molecule has 0 aliphatic rings. The van der Waals surface area contributed by atoms with Gasteiger partial charge in [-0.2, -0.15) is 0 Å². The maximum Gasteiger partial charge on any atom is 0.292 e. The maximum absolute atomic E-state index is 13.1. The zero-order valence-corrected chi connectivity index (χ0v) is 12.6. The van der Waals surface area contributed by atoms with Crippen molar-refractivity contribution in [2.75, 3.05) is 4.72 Å². The van der Waals surface area contributed by atoms with Crippen LogP contribution in [0, 0.1) is 15.9 Å². The topological polar surface area (TPSA) is 102 Å². The smallest absolute Gasteiger partial charge is 0.278 e. The lowest BCUT2D eigenvalue weighted by atomic mass is 10.3. The van der Waals surface area contributed by atoms with E-state index in [1.807, 2.05) is 0 Å². The van der Waals surface area contributed by atoms with Gasteiger partial charge < -0.3 is 0 Å². The van der Waals surface area contributed by atoms with Crippen molar-refractivity contribution >= 4 is 37.3 Å². The molecule has 10 heteroatoms. The Bertz CT molecular complexity index is 813. The fraction of sp³-hybridized carbons (Fsp3) is 0. The van der Waals surface area contributed by atoms with Gasteiger partial charge in [-0.3, -0.25) is 19.8 Å². The van der Waals surface area contributed by atoms with Crippen LogP contribution in [0.3, 0.4) is 0 Å². The number of pyridine rings is 1. The first-order valence-electron chi connectivity index (χ1n) is 5.37. The van der Waals surface area contributed by atoms with E-state index in [9.17, 15) is 22.9 Å². The van der Waals surface area contributed by atoms with E-state index in [4.69, 9.17) is 0 Å². The number of nitro benzene ring substituents is 1. The van der Waals surface area contributed by atoms with Gasteiger partial charge >= 0.3 is 0 Å². The SMILES string of the molecule is O=[N+]([O-])c1cc(F)ccc1S(=O)(=O)Nc1ccncc1Br. The fourth-order valence-corrected chi connectivity index (χ4v) is 3.23. The number of anilines is 1. The van der Waals surface area contributed by atoms with E-state index in [1.54, 1.807) is 0 Å². The summed E-state index contributed by atoms with van der Waals surface area (Å²) in [5.74, 6) is -0.897. The van der Waals surface area contributed by atoms with Gasteiger partial charge in [0.15, 0.2) is 4.90 Å². The second kappa shape index (κ2) is 5.74. The highest BCUT2D eigenvalue weighted by Crippen LogP contribution is 2.28. The highest BCUT2D eigenvalue weighted by atomic mass is 79.9. The second-order valence-electron chi connectivity index (χ2n) is 3.83. The molecule has 1 aromatic carbocycles. The normalized spacial score (nSPS) is 11.1. The minimum atomic E-state index is -4.24. The lowest BCUT2D eigenvalue weighted by molar-refractivity contribution is -0.388. The molecule has 0 radical (unpaired) electrons. The van der Waals surface area contributed by atoms with Crippen molar-refractivity contribution in [2.45, 2.75) is 4.90 Å². The van der Waals surface area contributed by atoms with Crippen LogP contribution in [0.5, 0.6) is 0 Å². The van der Waals surface area contributed by atoms with Crippen molar-refractivity contribution < 1.29 is 17.7 Å². The monoisotopic (exact) mass is 375 g/mol. The van der Waals surface area contributed by atoms with Crippen molar-refractivity contribution in [1.29, 1.82) is 0 Å². The Kier molecular flexibility index (Phi) is 4.19. The first-order valence-corrected chi connectivity index (χ1v) is 7.65. The molecule has 1 aromatic heterocycles. The number of sulfonamides is 1. The van der Waals surface area contributed by atoms with Crippen molar-refractivity contribution in [1.82, 2.24) is 4.98 Å². The highest BCUT2D eigenvalue weighted by Gasteiger charge is 2.27. The van der Waals surface area contributed by atoms with Gasteiger partial charge in [0.05, 0.1) is 21.1 Å². The predicted octanol–water partition coefficient (Wildman–Crippen LogP) is 2.69. The van der Waals surface area contributed by atoms with E-state index >= 15 is 0 Å². The quantitative estimate of drug-likeness (QED) is 0.653. The van der Waals surface area contributed by atoms with Crippen LogP contribution < -0.4 is 4.72 Å². The molecule has 0 aliphatic carbocycles. The molecule has 0 saturated heterocycles. The Morgan fingerprint density at radius 3 is 2.67 bits per heavy atom. The molecule has 0 fully saturated rings. The first-order chi connectivity index (χ1) is 9.81.